The molecule has 0 atom stereocenters. The van der Waals surface area contributed by atoms with E-state index in [-0.39, 0.29) is 24.3 Å². The lowest BCUT2D eigenvalue weighted by atomic mass is 9.96. The molecule has 2 aromatic rings. The highest BCUT2D eigenvalue weighted by atomic mass is 32.1. The lowest BCUT2D eigenvalue weighted by molar-refractivity contribution is -0.136. The van der Waals surface area contributed by atoms with Gasteiger partial charge in [0.2, 0.25) is 5.91 Å². The van der Waals surface area contributed by atoms with Gasteiger partial charge < -0.3 is 15.0 Å². The Labute approximate surface area is 156 Å². The van der Waals surface area contributed by atoms with E-state index in [1.807, 2.05) is 30.3 Å². The summed E-state index contributed by atoms with van der Waals surface area (Å²) >= 11 is 1.34. The van der Waals surface area contributed by atoms with Crippen molar-refractivity contribution in [3.8, 4) is 11.8 Å². The third-order valence-electron chi connectivity index (χ3n) is 4.35. The van der Waals surface area contributed by atoms with E-state index in [1.54, 1.807) is 16.3 Å². The number of piperidine rings is 1. The van der Waals surface area contributed by atoms with Crippen molar-refractivity contribution in [2.24, 2.45) is 5.92 Å². The minimum Gasteiger partial charge on any atom is -0.484 e. The van der Waals surface area contributed by atoms with Crippen LogP contribution >= 0.6 is 11.3 Å². The summed E-state index contributed by atoms with van der Waals surface area (Å²) in [6.45, 7) is 1.07. The first-order valence-corrected chi connectivity index (χ1v) is 9.29. The number of likely N-dealkylation sites (tertiary alicyclic amines) is 1. The van der Waals surface area contributed by atoms with Crippen LogP contribution in [0.2, 0.25) is 0 Å². The molecule has 0 saturated carbocycles. The number of benzene rings is 1. The van der Waals surface area contributed by atoms with Gasteiger partial charge in [0.15, 0.2) is 6.61 Å². The van der Waals surface area contributed by atoms with E-state index < -0.39 is 0 Å². The van der Waals surface area contributed by atoms with Gasteiger partial charge in [-0.3, -0.25) is 9.59 Å². The average molecular weight is 369 g/mol. The van der Waals surface area contributed by atoms with Crippen molar-refractivity contribution in [1.82, 2.24) is 4.90 Å². The number of rotatable bonds is 5. The summed E-state index contributed by atoms with van der Waals surface area (Å²) in [5.41, 5.74) is 0.481. The Morgan fingerprint density at radius 3 is 2.65 bits per heavy atom. The number of nitrogens with one attached hydrogen (secondary N) is 1. The Balaban J connectivity index is 1.45. The quantitative estimate of drug-likeness (QED) is 0.878. The molecule has 1 saturated heterocycles. The Morgan fingerprint density at radius 1 is 1.23 bits per heavy atom. The van der Waals surface area contributed by atoms with Gasteiger partial charge in [0.25, 0.3) is 5.91 Å². The van der Waals surface area contributed by atoms with Crippen LogP contribution in [-0.2, 0) is 9.59 Å². The number of ether oxygens (including phenoxy) is 1. The number of nitrogens with zero attached hydrogens (tertiary/aromatic N) is 2. The number of anilines is 1. The predicted octanol–water partition coefficient (Wildman–Crippen LogP) is 2.88. The molecule has 0 spiro atoms. The third kappa shape index (κ3) is 4.41. The van der Waals surface area contributed by atoms with Gasteiger partial charge in [0.1, 0.15) is 16.8 Å². The second kappa shape index (κ2) is 8.50. The minimum atomic E-state index is -0.150. The molecule has 134 valence electrons. The summed E-state index contributed by atoms with van der Waals surface area (Å²) in [5.74, 6) is 0.358. The van der Waals surface area contributed by atoms with Crippen molar-refractivity contribution in [2.75, 3.05) is 25.0 Å². The van der Waals surface area contributed by atoms with Gasteiger partial charge in [-0.2, -0.15) is 5.26 Å². The van der Waals surface area contributed by atoms with Crippen LogP contribution in [-0.4, -0.2) is 36.4 Å². The maximum Gasteiger partial charge on any atom is 0.260 e. The fraction of sp³-hybridized carbons (Fsp3) is 0.316. The molecule has 7 heteroatoms. The van der Waals surface area contributed by atoms with E-state index in [0.29, 0.717) is 42.2 Å². The molecule has 0 bridgehead atoms. The molecule has 3 rings (SSSR count). The number of thiophene rings is 1. The maximum atomic E-state index is 12.4. The molecule has 6 nitrogen and oxygen atoms in total. The monoisotopic (exact) mass is 369 g/mol. The molecular weight excluding hydrogens is 350 g/mol. The van der Waals surface area contributed by atoms with Crippen LogP contribution in [0.15, 0.2) is 41.8 Å². The van der Waals surface area contributed by atoms with E-state index in [4.69, 9.17) is 10.00 Å². The fourth-order valence-corrected chi connectivity index (χ4v) is 3.59. The van der Waals surface area contributed by atoms with Gasteiger partial charge >= 0.3 is 0 Å². The molecular formula is C19H19N3O3S. The molecule has 1 N–H and O–H groups in total. The van der Waals surface area contributed by atoms with Crippen molar-refractivity contribution in [3.05, 3.63) is 47.3 Å². The highest BCUT2D eigenvalue weighted by Gasteiger charge is 2.28. The van der Waals surface area contributed by atoms with Crippen molar-refractivity contribution in [2.45, 2.75) is 12.8 Å². The minimum absolute atomic E-state index is 0.00159. The van der Waals surface area contributed by atoms with E-state index in [1.165, 1.54) is 11.3 Å². The highest BCUT2D eigenvalue weighted by Crippen LogP contribution is 2.25. The average Bonchev–Trinajstić information content (AvgIpc) is 3.14. The zero-order valence-corrected chi connectivity index (χ0v) is 15.0. The number of carbonyl (C=O) groups is 2. The topological polar surface area (TPSA) is 82.4 Å². The van der Waals surface area contributed by atoms with Crippen LogP contribution < -0.4 is 10.1 Å². The van der Waals surface area contributed by atoms with Gasteiger partial charge in [-0.15, -0.1) is 11.3 Å². The Morgan fingerprint density at radius 2 is 1.96 bits per heavy atom. The molecule has 1 aliphatic heterocycles. The number of para-hydroxylation sites is 1. The lowest BCUT2D eigenvalue weighted by Crippen LogP contribution is -2.43. The summed E-state index contributed by atoms with van der Waals surface area (Å²) in [7, 11) is 0. The maximum absolute atomic E-state index is 12.4. The predicted molar refractivity (Wildman–Crippen MR) is 98.9 cm³/mol. The van der Waals surface area contributed by atoms with Crippen LogP contribution in [0.5, 0.6) is 5.75 Å². The second-order valence-electron chi connectivity index (χ2n) is 6.02. The van der Waals surface area contributed by atoms with Crippen LogP contribution in [0.3, 0.4) is 0 Å². The molecule has 1 aromatic heterocycles. The lowest BCUT2D eigenvalue weighted by Gasteiger charge is -2.31. The zero-order valence-electron chi connectivity index (χ0n) is 14.2. The summed E-state index contributed by atoms with van der Waals surface area (Å²) in [4.78, 5) is 26.4. The van der Waals surface area contributed by atoms with Crippen molar-refractivity contribution in [1.29, 1.82) is 5.26 Å². The van der Waals surface area contributed by atoms with Gasteiger partial charge in [-0.25, -0.2) is 0 Å². The summed E-state index contributed by atoms with van der Waals surface area (Å²) in [6, 6.07) is 13.0. The molecule has 1 aromatic carbocycles. The van der Waals surface area contributed by atoms with Crippen molar-refractivity contribution < 1.29 is 14.3 Å². The van der Waals surface area contributed by atoms with Crippen molar-refractivity contribution >= 4 is 28.2 Å². The molecule has 0 radical (unpaired) electrons. The first kappa shape index (κ1) is 18.0. The van der Waals surface area contributed by atoms with Gasteiger partial charge in [0.05, 0.1) is 5.56 Å². The molecule has 0 aliphatic carbocycles. The number of carbonyl (C=O) groups excluding carboxylic acids is 2. The first-order chi connectivity index (χ1) is 12.7. The largest absolute Gasteiger partial charge is 0.484 e. The van der Waals surface area contributed by atoms with Crippen LogP contribution in [0.25, 0.3) is 0 Å². The molecule has 2 heterocycles. The molecule has 26 heavy (non-hydrogen) atoms. The van der Waals surface area contributed by atoms with Gasteiger partial charge in [-0.05, 0) is 36.4 Å². The Hall–Kier alpha value is -2.85. The van der Waals surface area contributed by atoms with Gasteiger partial charge in [0, 0.05) is 19.0 Å². The van der Waals surface area contributed by atoms with Crippen LogP contribution in [0, 0.1) is 17.2 Å². The van der Waals surface area contributed by atoms with Crippen molar-refractivity contribution in [3.63, 3.8) is 0 Å². The third-order valence-corrected chi connectivity index (χ3v) is 5.18. The zero-order chi connectivity index (χ0) is 18.4. The Kier molecular flexibility index (Phi) is 5.87. The summed E-state index contributed by atoms with van der Waals surface area (Å²) in [5, 5.41) is 14.2. The normalized spacial score (nSPS) is 14.5. The van der Waals surface area contributed by atoms with E-state index in [0.717, 1.165) is 0 Å². The smallest absolute Gasteiger partial charge is 0.260 e. The number of amides is 2. The fourth-order valence-electron chi connectivity index (χ4n) is 2.85. The summed E-state index contributed by atoms with van der Waals surface area (Å²) < 4.78 is 5.49. The molecule has 1 aliphatic rings. The highest BCUT2D eigenvalue weighted by molar-refractivity contribution is 7.14. The number of hydrogen-bond acceptors (Lipinski definition) is 5. The van der Waals surface area contributed by atoms with E-state index >= 15 is 0 Å². The van der Waals surface area contributed by atoms with Crippen LogP contribution in [0.1, 0.15) is 18.4 Å². The summed E-state index contributed by atoms with van der Waals surface area (Å²) in [6.07, 6.45) is 1.21. The van der Waals surface area contributed by atoms with E-state index in [9.17, 15) is 9.59 Å². The number of hydrogen-bond donors (Lipinski definition) is 1. The van der Waals surface area contributed by atoms with E-state index in [2.05, 4.69) is 11.4 Å². The second-order valence-corrected chi connectivity index (χ2v) is 6.94. The standard InChI is InChI=1S/C19H19N3O3S/c20-12-15-8-11-26-19(15)21-18(24)14-6-9-22(10-7-14)17(23)13-25-16-4-2-1-3-5-16/h1-5,8,11,14H,6-7,9-10,13H2,(H,21,24). The molecule has 2 amide bonds. The van der Waals surface area contributed by atoms with Gasteiger partial charge in [-0.1, -0.05) is 18.2 Å². The molecule has 0 unspecified atom stereocenters. The number of nitriles is 1. The first-order valence-electron chi connectivity index (χ1n) is 8.41. The molecule has 1 fully saturated rings. The SMILES string of the molecule is N#Cc1ccsc1NC(=O)C1CCN(C(=O)COc2ccccc2)CC1. The van der Waals surface area contributed by atoms with Crippen LogP contribution in [0.4, 0.5) is 5.00 Å². The Bertz CT molecular complexity index is 805.